The molecule has 1 unspecified atom stereocenters. The second kappa shape index (κ2) is 5.85. The van der Waals surface area contributed by atoms with Crippen LogP contribution in [0, 0.1) is 6.92 Å². The van der Waals surface area contributed by atoms with Crippen molar-refractivity contribution in [3.8, 4) is 0 Å². The van der Waals surface area contributed by atoms with Crippen LogP contribution in [0.2, 0.25) is 0 Å². The molecule has 1 aromatic rings. The van der Waals surface area contributed by atoms with E-state index < -0.39 is 0 Å². The number of hydrogen-bond donors (Lipinski definition) is 1. The number of hydrogen-bond acceptors (Lipinski definition) is 4. The highest BCUT2D eigenvalue weighted by atomic mass is 16.7. The zero-order valence-corrected chi connectivity index (χ0v) is 9.78. The summed E-state index contributed by atoms with van der Waals surface area (Å²) in [6.07, 6.45) is 1.99. The first-order valence-electron chi connectivity index (χ1n) is 5.01. The van der Waals surface area contributed by atoms with Crippen LogP contribution < -0.4 is 5.48 Å². The standard InChI is InChI=1S/C10H19N3O2/c1-8-10(7-13(3)11-8)9(2)12-15-6-5-14-4/h7,9,12H,5-6H2,1-4H3. The third-order valence-electron chi connectivity index (χ3n) is 2.17. The Bertz CT molecular complexity index is 299. The lowest BCUT2D eigenvalue weighted by molar-refractivity contribution is -0.00935. The van der Waals surface area contributed by atoms with E-state index in [9.17, 15) is 0 Å². The SMILES string of the molecule is COCCONC(C)c1cn(C)nc1C. The molecule has 1 aromatic heterocycles. The first kappa shape index (κ1) is 12.2. The van der Waals surface area contributed by atoms with Crippen LogP contribution in [0.5, 0.6) is 0 Å². The molecule has 0 saturated carbocycles. The predicted octanol–water partition coefficient (Wildman–Crippen LogP) is 0.957. The molecule has 5 heteroatoms. The van der Waals surface area contributed by atoms with E-state index in [-0.39, 0.29) is 6.04 Å². The average molecular weight is 213 g/mol. The van der Waals surface area contributed by atoms with Gasteiger partial charge < -0.3 is 4.74 Å². The summed E-state index contributed by atoms with van der Waals surface area (Å²) < 4.78 is 6.68. The minimum Gasteiger partial charge on any atom is -0.382 e. The lowest BCUT2D eigenvalue weighted by atomic mass is 10.1. The van der Waals surface area contributed by atoms with Crippen LogP contribution in [0.4, 0.5) is 0 Å². The van der Waals surface area contributed by atoms with Gasteiger partial charge in [0.15, 0.2) is 0 Å². The highest BCUT2D eigenvalue weighted by Crippen LogP contribution is 2.14. The van der Waals surface area contributed by atoms with E-state index in [2.05, 4.69) is 10.6 Å². The molecule has 1 rings (SSSR count). The number of aromatic nitrogens is 2. The monoisotopic (exact) mass is 213 g/mol. The van der Waals surface area contributed by atoms with Gasteiger partial charge in [0.1, 0.15) is 0 Å². The van der Waals surface area contributed by atoms with Crippen molar-refractivity contribution < 1.29 is 9.57 Å². The van der Waals surface area contributed by atoms with E-state index >= 15 is 0 Å². The lowest BCUT2D eigenvalue weighted by Crippen LogP contribution is -2.21. The largest absolute Gasteiger partial charge is 0.382 e. The van der Waals surface area contributed by atoms with Crippen LogP contribution in [0.1, 0.15) is 24.2 Å². The van der Waals surface area contributed by atoms with E-state index in [1.165, 1.54) is 0 Å². The molecule has 5 nitrogen and oxygen atoms in total. The number of rotatable bonds is 6. The lowest BCUT2D eigenvalue weighted by Gasteiger charge is -2.12. The Morgan fingerprint density at radius 2 is 2.27 bits per heavy atom. The van der Waals surface area contributed by atoms with E-state index in [4.69, 9.17) is 9.57 Å². The van der Waals surface area contributed by atoms with Crippen LogP contribution in [0.25, 0.3) is 0 Å². The van der Waals surface area contributed by atoms with Crippen molar-refractivity contribution in [3.63, 3.8) is 0 Å². The van der Waals surface area contributed by atoms with Crippen molar-refractivity contribution in [2.24, 2.45) is 7.05 Å². The molecular formula is C10H19N3O2. The maximum Gasteiger partial charge on any atom is 0.0916 e. The number of hydroxylamine groups is 1. The number of nitrogens with one attached hydrogen (secondary N) is 1. The van der Waals surface area contributed by atoms with Crippen LogP contribution in [-0.2, 0) is 16.6 Å². The molecule has 0 amide bonds. The van der Waals surface area contributed by atoms with Gasteiger partial charge in [0, 0.05) is 25.9 Å². The van der Waals surface area contributed by atoms with Gasteiger partial charge in [-0.15, -0.1) is 0 Å². The molecule has 0 spiro atoms. The third-order valence-corrected chi connectivity index (χ3v) is 2.17. The number of nitrogens with zero attached hydrogens (tertiary/aromatic N) is 2. The van der Waals surface area contributed by atoms with Crippen LogP contribution in [0.15, 0.2) is 6.20 Å². The highest BCUT2D eigenvalue weighted by molar-refractivity contribution is 5.18. The fourth-order valence-electron chi connectivity index (χ4n) is 1.42. The molecular weight excluding hydrogens is 194 g/mol. The van der Waals surface area contributed by atoms with Gasteiger partial charge in [-0.05, 0) is 13.8 Å². The van der Waals surface area contributed by atoms with E-state index in [1.54, 1.807) is 11.8 Å². The maximum atomic E-state index is 5.24. The zero-order chi connectivity index (χ0) is 11.3. The first-order chi connectivity index (χ1) is 7.15. The summed E-state index contributed by atoms with van der Waals surface area (Å²) in [4.78, 5) is 5.24. The van der Waals surface area contributed by atoms with Crippen molar-refractivity contribution >= 4 is 0 Å². The molecule has 1 N–H and O–H groups in total. The van der Waals surface area contributed by atoms with Crippen molar-refractivity contribution in [2.45, 2.75) is 19.9 Å². The van der Waals surface area contributed by atoms with Crippen LogP contribution >= 0.6 is 0 Å². The Kier molecular flexibility index (Phi) is 4.74. The molecule has 0 radical (unpaired) electrons. The van der Waals surface area contributed by atoms with Crippen molar-refractivity contribution in [2.75, 3.05) is 20.3 Å². The molecule has 86 valence electrons. The average Bonchev–Trinajstić information content (AvgIpc) is 2.52. The van der Waals surface area contributed by atoms with E-state index in [0.717, 1.165) is 11.3 Å². The fourth-order valence-corrected chi connectivity index (χ4v) is 1.42. The quantitative estimate of drug-likeness (QED) is 0.565. The molecule has 0 aliphatic rings. The van der Waals surface area contributed by atoms with Gasteiger partial charge in [-0.3, -0.25) is 9.52 Å². The molecule has 1 heterocycles. The second-order valence-corrected chi connectivity index (χ2v) is 3.52. The molecule has 0 bridgehead atoms. The summed E-state index contributed by atoms with van der Waals surface area (Å²) in [7, 11) is 3.56. The molecule has 0 saturated heterocycles. The predicted molar refractivity (Wildman–Crippen MR) is 57.3 cm³/mol. The topological polar surface area (TPSA) is 48.3 Å². The number of ether oxygens (including phenoxy) is 1. The summed E-state index contributed by atoms with van der Waals surface area (Å²) in [6.45, 7) is 5.16. The number of methoxy groups -OCH3 is 1. The van der Waals surface area contributed by atoms with Crippen LogP contribution in [-0.4, -0.2) is 30.1 Å². The molecule has 15 heavy (non-hydrogen) atoms. The fraction of sp³-hybridized carbons (Fsp3) is 0.700. The Balaban J connectivity index is 2.39. The van der Waals surface area contributed by atoms with Gasteiger partial charge in [0.05, 0.1) is 24.9 Å². The normalized spacial score (nSPS) is 13.1. The first-order valence-corrected chi connectivity index (χ1v) is 5.01. The second-order valence-electron chi connectivity index (χ2n) is 3.52. The van der Waals surface area contributed by atoms with Crippen LogP contribution in [0.3, 0.4) is 0 Å². The minimum atomic E-state index is 0.135. The van der Waals surface area contributed by atoms with Gasteiger partial charge in [-0.25, -0.2) is 0 Å². The summed E-state index contributed by atoms with van der Waals surface area (Å²) in [5, 5.41) is 4.27. The molecule has 1 atom stereocenters. The Morgan fingerprint density at radius 1 is 1.53 bits per heavy atom. The van der Waals surface area contributed by atoms with Crippen molar-refractivity contribution in [3.05, 3.63) is 17.5 Å². The number of aryl methyl sites for hydroxylation is 2. The van der Waals surface area contributed by atoms with E-state index in [1.807, 2.05) is 27.1 Å². The Hall–Kier alpha value is -0.910. The minimum absolute atomic E-state index is 0.135. The van der Waals surface area contributed by atoms with Gasteiger partial charge in [0.2, 0.25) is 0 Å². The summed E-state index contributed by atoms with van der Waals surface area (Å²) in [5.41, 5.74) is 5.12. The van der Waals surface area contributed by atoms with Gasteiger partial charge >= 0.3 is 0 Å². The van der Waals surface area contributed by atoms with E-state index in [0.29, 0.717) is 13.2 Å². The van der Waals surface area contributed by atoms with Gasteiger partial charge in [-0.1, -0.05) is 0 Å². The smallest absolute Gasteiger partial charge is 0.0916 e. The summed E-state index contributed by atoms with van der Waals surface area (Å²) >= 11 is 0. The van der Waals surface area contributed by atoms with Gasteiger partial charge in [0.25, 0.3) is 0 Å². The van der Waals surface area contributed by atoms with Gasteiger partial charge in [-0.2, -0.15) is 10.6 Å². The van der Waals surface area contributed by atoms with Crippen molar-refractivity contribution in [1.29, 1.82) is 0 Å². The summed E-state index contributed by atoms with van der Waals surface area (Å²) in [5.74, 6) is 0. The van der Waals surface area contributed by atoms with Crippen molar-refractivity contribution in [1.82, 2.24) is 15.3 Å². The highest BCUT2D eigenvalue weighted by Gasteiger charge is 2.10. The molecule has 0 fully saturated rings. The zero-order valence-electron chi connectivity index (χ0n) is 9.78. The molecule has 0 aliphatic heterocycles. The Labute approximate surface area is 90.3 Å². The maximum absolute atomic E-state index is 5.24. The molecule has 0 aliphatic carbocycles. The molecule has 0 aromatic carbocycles. The summed E-state index contributed by atoms with van der Waals surface area (Å²) in [6, 6.07) is 0.135. The third kappa shape index (κ3) is 3.62. The Morgan fingerprint density at radius 3 is 2.80 bits per heavy atom.